The first-order valence-corrected chi connectivity index (χ1v) is 10.2. The van der Waals surface area contributed by atoms with E-state index in [1.165, 1.54) is 18.2 Å². The Morgan fingerprint density at radius 2 is 1.84 bits per heavy atom. The van der Waals surface area contributed by atoms with Gasteiger partial charge in [-0.3, -0.25) is 0 Å². The third-order valence-electron chi connectivity index (χ3n) is 5.18. The minimum absolute atomic E-state index is 0.311. The maximum Gasteiger partial charge on any atom is 0.286 e. The minimum Gasteiger partial charge on any atom is -0.372 e. The third kappa shape index (κ3) is 4.51. The summed E-state index contributed by atoms with van der Waals surface area (Å²) in [6.45, 7) is 6.37. The molecule has 0 atom stereocenters. The molecule has 0 saturated heterocycles. The molecule has 6 nitrogen and oxygen atoms in total. The van der Waals surface area contributed by atoms with E-state index in [4.69, 9.17) is 4.98 Å². The number of rotatable bonds is 5. The van der Waals surface area contributed by atoms with Crippen molar-refractivity contribution < 1.29 is 13.2 Å². The van der Waals surface area contributed by atoms with E-state index in [0.717, 1.165) is 31.8 Å². The highest BCUT2D eigenvalue weighted by Crippen LogP contribution is 2.35. The number of anilines is 3. The zero-order chi connectivity index (χ0) is 22.9. The van der Waals surface area contributed by atoms with Gasteiger partial charge in [0.2, 0.25) is 0 Å². The topological polar surface area (TPSA) is 57.2 Å². The van der Waals surface area contributed by atoms with Crippen LogP contribution in [0.3, 0.4) is 0 Å². The number of halogens is 3. The highest BCUT2D eigenvalue weighted by Gasteiger charge is 2.27. The summed E-state index contributed by atoms with van der Waals surface area (Å²) in [7, 11) is 1.97. The minimum atomic E-state index is -3.05. The second-order valence-corrected chi connectivity index (χ2v) is 7.70. The van der Waals surface area contributed by atoms with Gasteiger partial charge in [0.25, 0.3) is 5.92 Å². The van der Waals surface area contributed by atoms with E-state index in [9.17, 15) is 13.2 Å². The highest BCUT2D eigenvalue weighted by molar-refractivity contribution is 5.74. The normalized spacial score (nSPS) is 14.0. The van der Waals surface area contributed by atoms with Gasteiger partial charge >= 0.3 is 0 Å². The number of pyridine rings is 3. The second-order valence-electron chi connectivity index (χ2n) is 7.70. The number of hydrogen-bond acceptors (Lipinski definition) is 6. The molecule has 0 fully saturated rings. The zero-order valence-corrected chi connectivity index (χ0v) is 17.8. The molecule has 4 heterocycles. The Kier molecular flexibility index (Phi) is 5.73. The molecule has 0 aliphatic carbocycles. The number of alkyl halides is 2. The molecule has 1 aliphatic heterocycles. The molecule has 3 aromatic rings. The summed E-state index contributed by atoms with van der Waals surface area (Å²) < 4.78 is 40.8. The summed E-state index contributed by atoms with van der Waals surface area (Å²) in [6.07, 6.45) is 1.97. The monoisotopic (exact) mass is 440 g/mol. The molecular weight excluding hydrogens is 417 g/mol. The van der Waals surface area contributed by atoms with E-state index in [1.807, 2.05) is 18.0 Å². The molecule has 1 aliphatic rings. The summed E-state index contributed by atoms with van der Waals surface area (Å²) in [6, 6.07) is 11.0. The molecule has 1 N–H and O–H groups in total. The SMILES string of the molecule is C=C(Nc1ccc(F)cn1)N1CCCN(C)c2ccc(-c3cccc(C(C)(F)F)n3)nc21. The lowest BCUT2D eigenvalue weighted by atomic mass is 10.2. The van der Waals surface area contributed by atoms with E-state index in [1.54, 1.807) is 18.2 Å². The fourth-order valence-corrected chi connectivity index (χ4v) is 3.52. The summed E-state index contributed by atoms with van der Waals surface area (Å²) in [5.41, 5.74) is 1.40. The van der Waals surface area contributed by atoms with Crippen LogP contribution in [0.15, 0.2) is 61.1 Å². The van der Waals surface area contributed by atoms with E-state index in [-0.39, 0.29) is 5.69 Å². The lowest BCUT2D eigenvalue weighted by Gasteiger charge is -2.27. The fraction of sp³-hybridized carbons (Fsp3) is 0.261. The van der Waals surface area contributed by atoms with Crippen LogP contribution in [0.4, 0.5) is 30.5 Å². The molecule has 9 heteroatoms. The molecule has 4 rings (SSSR count). The van der Waals surface area contributed by atoms with Crippen molar-refractivity contribution in [1.29, 1.82) is 0 Å². The first kappa shape index (κ1) is 21.6. The molecule has 3 aromatic heterocycles. The van der Waals surface area contributed by atoms with Crippen LogP contribution >= 0.6 is 0 Å². The maximum absolute atomic E-state index is 13.8. The Morgan fingerprint density at radius 1 is 1.06 bits per heavy atom. The predicted octanol–water partition coefficient (Wildman–Crippen LogP) is 5.02. The first-order valence-electron chi connectivity index (χ1n) is 10.2. The van der Waals surface area contributed by atoms with Gasteiger partial charge in [-0.05, 0) is 42.8 Å². The molecule has 166 valence electrons. The van der Waals surface area contributed by atoms with Crippen molar-refractivity contribution in [1.82, 2.24) is 15.0 Å². The van der Waals surface area contributed by atoms with Gasteiger partial charge in [0.15, 0.2) is 5.82 Å². The van der Waals surface area contributed by atoms with Crippen molar-refractivity contribution in [2.75, 3.05) is 35.3 Å². The summed E-state index contributed by atoms with van der Waals surface area (Å²) in [4.78, 5) is 16.9. The fourth-order valence-electron chi connectivity index (χ4n) is 3.52. The van der Waals surface area contributed by atoms with Crippen LogP contribution in [0.5, 0.6) is 0 Å². The number of nitrogens with one attached hydrogen (secondary N) is 1. The van der Waals surface area contributed by atoms with Crippen molar-refractivity contribution in [2.45, 2.75) is 19.3 Å². The zero-order valence-electron chi connectivity index (χ0n) is 17.8. The Labute approximate surface area is 184 Å². The van der Waals surface area contributed by atoms with Crippen molar-refractivity contribution in [3.63, 3.8) is 0 Å². The maximum atomic E-state index is 13.8. The van der Waals surface area contributed by atoms with Crippen LogP contribution in [0, 0.1) is 5.82 Å². The van der Waals surface area contributed by atoms with Crippen LogP contribution < -0.4 is 15.1 Å². The van der Waals surface area contributed by atoms with Crippen molar-refractivity contribution in [3.8, 4) is 11.4 Å². The quantitative estimate of drug-likeness (QED) is 0.601. The number of hydrogen-bond donors (Lipinski definition) is 1. The molecule has 32 heavy (non-hydrogen) atoms. The molecule has 0 radical (unpaired) electrons. The molecule has 0 aromatic carbocycles. The summed E-state index contributed by atoms with van der Waals surface area (Å²) in [5.74, 6) is -1.88. The lowest BCUT2D eigenvalue weighted by molar-refractivity contribution is 0.0129. The smallest absolute Gasteiger partial charge is 0.286 e. The second kappa shape index (κ2) is 8.49. The van der Waals surface area contributed by atoms with Crippen LogP contribution in [0.1, 0.15) is 19.0 Å². The molecule has 0 spiro atoms. The van der Waals surface area contributed by atoms with Crippen molar-refractivity contribution in [2.24, 2.45) is 0 Å². The van der Waals surface area contributed by atoms with Gasteiger partial charge in [-0.15, -0.1) is 0 Å². The number of aromatic nitrogens is 3. The first-order chi connectivity index (χ1) is 15.2. The number of fused-ring (bicyclic) bond motifs is 1. The highest BCUT2D eigenvalue weighted by atomic mass is 19.3. The molecule has 0 bridgehead atoms. The van der Waals surface area contributed by atoms with Crippen LogP contribution in [-0.2, 0) is 5.92 Å². The van der Waals surface area contributed by atoms with Gasteiger partial charge in [-0.2, -0.15) is 8.78 Å². The van der Waals surface area contributed by atoms with Gasteiger partial charge in [-0.25, -0.2) is 19.3 Å². The van der Waals surface area contributed by atoms with Crippen molar-refractivity contribution in [3.05, 3.63) is 72.6 Å². The molecule has 0 amide bonds. The Hall–Kier alpha value is -3.62. The molecule has 0 saturated carbocycles. The summed E-state index contributed by atoms with van der Waals surface area (Å²) in [5, 5.41) is 3.09. The lowest BCUT2D eigenvalue weighted by Crippen LogP contribution is -2.28. The largest absolute Gasteiger partial charge is 0.372 e. The van der Waals surface area contributed by atoms with Gasteiger partial charge in [0.1, 0.15) is 23.1 Å². The summed E-state index contributed by atoms with van der Waals surface area (Å²) >= 11 is 0. The van der Waals surface area contributed by atoms with Gasteiger partial charge < -0.3 is 15.1 Å². The van der Waals surface area contributed by atoms with E-state index >= 15 is 0 Å². The predicted molar refractivity (Wildman–Crippen MR) is 119 cm³/mol. The van der Waals surface area contributed by atoms with Crippen LogP contribution in [0.25, 0.3) is 11.4 Å². The van der Waals surface area contributed by atoms with Gasteiger partial charge in [0, 0.05) is 27.1 Å². The van der Waals surface area contributed by atoms with E-state index in [0.29, 0.717) is 35.4 Å². The van der Waals surface area contributed by atoms with Gasteiger partial charge in [-0.1, -0.05) is 12.6 Å². The number of nitrogens with zero attached hydrogens (tertiary/aromatic N) is 5. The van der Waals surface area contributed by atoms with E-state index in [2.05, 4.69) is 26.8 Å². The third-order valence-corrected chi connectivity index (χ3v) is 5.18. The Balaban J connectivity index is 1.71. The Morgan fingerprint density at radius 3 is 2.56 bits per heavy atom. The van der Waals surface area contributed by atoms with Gasteiger partial charge in [0.05, 0.1) is 23.3 Å². The Bertz CT molecular complexity index is 1130. The van der Waals surface area contributed by atoms with Crippen LogP contribution in [0.2, 0.25) is 0 Å². The van der Waals surface area contributed by atoms with Crippen LogP contribution in [-0.4, -0.2) is 35.1 Å². The molecular formula is C23H23F3N6. The molecule has 0 unspecified atom stereocenters. The van der Waals surface area contributed by atoms with Crippen molar-refractivity contribution >= 4 is 17.3 Å². The average molecular weight is 440 g/mol. The van der Waals surface area contributed by atoms with E-state index < -0.39 is 11.7 Å². The average Bonchev–Trinajstić information content (AvgIpc) is 2.93. The standard InChI is InChI=1S/C23H23F3N6/c1-15(28-21-11-8-16(24)14-27-21)32-13-5-12-31(3)19-10-9-18(30-22(19)32)17-6-4-7-20(29-17)23(2,25)26/h4,6-11,14H,1,5,12-13H2,2-3H3,(H,27,28).